The van der Waals surface area contributed by atoms with Gasteiger partial charge in [-0.25, -0.2) is 4.39 Å². The van der Waals surface area contributed by atoms with Crippen molar-refractivity contribution in [3.8, 4) is 5.75 Å². The molecule has 2 rings (SSSR count). The number of rotatable bonds is 5. The molecular weight excluding hydrogens is 303 g/mol. The summed E-state index contributed by atoms with van der Waals surface area (Å²) < 4.78 is 30.0. The third-order valence-corrected chi connectivity index (χ3v) is 3.33. The maximum atomic E-state index is 13.2. The summed E-state index contributed by atoms with van der Waals surface area (Å²) in [6, 6.07) is 4.68. The van der Waals surface area contributed by atoms with Gasteiger partial charge in [-0.1, -0.05) is 0 Å². The summed E-state index contributed by atoms with van der Waals surface area (Å²) in [6.45, 7) is 1.60. The molecule has 1 atom stereocenters. The van der Waals surface area contributed by atoms with E-state index in [0.717, 1.165) is 25.9 Å². The van der Waals surface area contributed by atoms with Gasteiger partial charge in [-0.15, -0.1) is 0 Å². The van der Waals surface area contributed by atoms with Crippen LogP contribution in [-0.2, 0) is 9.47 Å². The molecule has 0 saturated carbocycles. The van der Waals surface area contributed by atoms with Gasteiger partial charge in [0.05, 0.1) is 11.1 Å². The molecule has 0 aliphatic carbocycles. The van der Waals surface area contributed by atoms with Crippen molar-refractivity contribution in [2.45, 2.75) is 25.6 Å². The molecule has 18 heavy (non-hydrogen) atoms. The molecule has 100 valence electrons. The zero-order valence-corrected chi connectivity index (χ0v) is 11.6. The highest BCUT2D eigenvalue weighted by atomic mass is 79.9. The van der Waals surface area contributed by atoms with Gasteiger partial charge in [-0.3, -0.25) is 0 Å². The lowest BCUT2D eigenvalue weighted by molar-refractivity contribution is -0.165. The fourth-order valence-corrected chi connectivity index (χ4v) is 1.99. The predicted molar refractivity (Wildman–Crippen MR) is 69.1 cm³/mol. The molecule has 5 heteroatoms. The molecular formula is C13H16BrFO3. The third kappa shape index (κ3) is 4.23. The lowest BCUT2D eigenvalue weighted by Gasteiger charge is -2.22. The van der Waals surface area contributed by atoms with E-state index in [0.29, 0.717) is 23.4 Å². The van der Waals surface area contributed by atoms with E-state index < -0.39 is 0 Å². The molecule has 1 aliphatic heterocycles. The first kappa shape index (κ1) is 13.8. The maximum Gasteiger partial charge on any atom is 0.157 e. The third-order valence-electron chi connectivity index (χ3n) is 2.68. The molecule has 0 N–H and O–H groups in total. The highest BCUT2D eigenvalue weighted by Gasteiger charge is 2.13. The SMILES string of the molecule is Fc1cc(OCCOC2CCCCO2)ccc1Br. The highest BCUT2D eigenvalue weighted by Crippen LogP contribution is 2.21. The van der Waals surface area contributed by atoms with E-state index in [1.54, 1.807) is 12.1 Å². The highest BCUT2D eigenvalue weighted by molar-refractivity contribution is 9.10. The fraction of sp³-hybridized carbons (Fsp3) is 0.538. The van der Waals surface area contributed by atoms with E-state index in [-0.39, 0.29) is 12.1 Å². The van der Waals surface area contributed by atoms with Crippen molar-refractivity contribution in [1.29, 1.82) is 0 Å². The Morgan fingerprint density at radius 3 is 2.94 bits per heavy atom. The average Bonchev–Trinajstić information content (AvgIpc) is 2.40. The van der Waals surface area contributed by atoms with Crippen molar-refractivity contribution in [1.82, 2.24) is 0 Å². The maximum absolute atomic E-state index is 13.2. The molecule has 1 fully saturated rings. The Morgan fingerprint density at radius 2 is 2.22 bits per heavy atom. The monoisotopic (exact) mass is 318 g/mol. The Bertz CT molecular complexity index is 380. The second-order valence-corrected chi connectivity index (χ2v) is 4.95. The second kappa shape index (κ2) is 7.07. The molecule has 3 nitrogen and oxygen atoms in total. The van der Waals surface area contributed by atoms with E-state index in [9.17, 15) is 4.39 Å². The van der Waals surface area contributed by atoms with Gasteiger partial charge in [-0.2, -0.15) is 0 Å². The molecule has 1 heterocycles. The number of halogens is 2. The minimum atomic E-state index is -0.330. The van der Waals surface area contributed by atoms with Gasteiger partial charge in [0.2, 0.25) is 0 Å². The quantitative estimate of drug-likeness (QED) is 0.777. The van der Waals surface area contributed by atoms with Crippen LogP contribution in [0.1, 0.15) is 19.3 Å². The van der Waals surface area contributed by atoms with Gasteiger partial charge >= 0.3 is 0 Å². The van der Waals surface area contributed by atoms with Gasteiger partial charge in [0.25, 0.3) is 0 Å². The Hall–Kier alpha value is -0.650. The Morgan fingerprint density at radius 1 is 1.33 bits per heavy atom. The van der Waals surface area contributed by atoms with Crippen LogP contribution in [0.15, 0.2) is 22.7 Å². The summed E-state index contributed by atoms with van der Waals surface area (Å²) in [5, 5.41) is 0. The Kier molecular flexibility index (Phi) is 5.41. The van der Waals surface area contributed by atoms with E-state index in [2.05, 4.69) is 15.9 Å². The van der Waals surface area contributed by atoms with Crippen LogP contribution >= 0.6 is 15.9 Å². The minimum absolute atomic E-state index is 0.107. The first-order valence-corrected chi connectivity index (χ1v) is 6.86. The summed E-state index contributed by atoms with van der Waals surface area (Å²) in [6.07, 6.45) is 3.08. The molecule has 1 aromatic rings. The van der Waals surface area contributed by atoms with Gasteiger partial charge < -0.3 is 14.2 Å². The van der Waals surface area contributed by atoms with E-state index >= 15 is 0 Å². The molecule has 0 amide bonds. The van der Waals surface area contributed by atoms with Gasteiger partial charge in [0, 0.05) is 12.7 Å². The molecule has 0 spiro atoms. The van der Waals surface area contributed by atoms with Crippen molar-refractivity contribution < 1.29 is 18.6 Å². The Balaban J connectivity index is 1.66. The van der Waals surface area contributed by atoms with Crippen LogP contribution in [-0.4, -0.2) is 26.1 Å². The zero-order chi connectivity index (χ0) is 12.8. The lowest BCUT2D eigenvalue weighted by atomic mass is 10.2. The predicted octanol–water partition coefficient (Wildman–Crippen LogP) is 3.51. The van der Waals surface area contributed by atoms with Gasteiger partial charge in [-0.05, 0) is 47.3 Å². The number of benzene rings is 1. The van der Waals surface area contributed by atoms with Crippen LogP contribution in [0.5, 0.6) is 5.75 Å². The molecule has 0 aromatic heterocycles. The zero-order valence-electron chi connectivity index (χ0n) is 10.0. The van der Waals surface area contributed by atoms with Gasteiger partial charge in [0.1, 0.15) is 18.2 Å². The van der Waals surface area contributed by atoms with Crippen molar-refractivity contribution in [3.05, 3.63) is 28.5 Å². The summed E-state index contributed by atoms with van der Waals surface area (Å²) in [5.41, 5.74) is 0. The normalized spacial score (nSPS) is 19.8. The summed E-state index contributed by atoms with van der Waals surface area (Å²) in [7, 11) is 0. The lowest BCUT2D eigenvalue weighted by Crippen LogP contribution is -2.24. The van der Waals surface area contributed by atoms with Crippen molar-refractivity contribution in [2.75, 3.05) is 19.8 Å². The Labute approximate surface area is 114 Å². The largest absolute Gasteiger partial charge is 0.491 e. The van der Waals surface area contributed by atoms with Crippen molar-refractivity contribution in [3.63, 3.8) is 0 Å². The smallest absolute Gasteiger partial charge is 0.157 e. The summed E-state index contributed by atoms with van der Waals surface area (Å²) in [5.74, 6) is 0.174. The standard InChI is InChI=1S/C13H16BrFO3/c14-11-5-4-10(9-12(11)15)16-7-8-18-13-3-1-2-6-17-13/h4-5,9,13H,1-3,6-8H2. The van der Waals surface area contributed by atoms with Crippen molar-refractivity contribution in [2.24, 2.45) is 0 Å². The summed E-state index contributed by atoms with van der Waals surface area (Å²) >= 11 is 3.09. The molecule has 1 aliphatic rings. The van der Waals surface area contributed by atoms with Crippen LogP contribution in [0.25, 0.3) is 0 Å². The van der Waals surface area contributed by atoms with Crippen LogP contribution in [0.4, 0.5) is 4.39 Å². The van der Waals surface area contributed by atoms with E-state index in [1.807, 2.05) is 0 Å². The number of hydrogen-bond acceptors (Lipinski definition) is 3. The number of ether oxygens (including phenoxy) is 3. The average molecular weight is 319 g/mol. The number of hydrogen-bond donors (Lipinski definition) is 0. The van der Waals surface area contributed by atoms with Crippen LogP contribution in [0.3, 0.4) is 0 Å². The molecule has 0 radical (unpaired) electrons. The molecule has 1 unspecified atom stereocenters. The van der Waals surface area contributed by atoms with Crippen molar-refractivity contribution >= 4 is 15.9 Å². The molecule has 1 saturated heterocycles. The van der Waals surface area contributed by atoms with E-state index in [1.165, 1.54) is 6.07 Å². The summed E-state index contributed by atoms with van der Waals surface area (Å²) in [4.78, 5) is 0. The first-order chi connectivity index (χ1) is 8.75. The molecule has 0 bridgehead atoms. The van der Waals surface area contributed by atoms with Crippen LogP contribution in [0.2, 0.25) is 0 Å². The topological polar surface area (TPSA) is 27.7 Å². The van der Waals surface area contributed by atoms with Crippen LogP contribution in [0, 0.1) is 5.82 Å². The first-order valence-electron chi connectivity index (χ1n) is 6.07. The van der Waals surface area contributed by atoms with Gasteiger partial charge in [0.15, 0.2) is 6.29 Å². The molecule has 1 aromatic carbocycles. The van der Waals surface area contributed by atoms with E-state index in [4.69, 9.17) is 14.2 Å². The second-order valence-electron chi connectivity index (χ2n) is 4.09. The minimum Gasteiger partial charge on any atom is -0.491 e. The van der Waals surface area contributed by atoms with Crippen LogP contribution < -0.4 is 4.74 Å². The fourth-order valence-electron chi connectivity index (χ4n) is 1.75.